The molecule has 1 atom stereocenters. The van der Waals surface area contributed by atoms with Crippen LogP contribution in [0, 0.1) is 10.1 Å². The van der Waals surface area contributed by atoms with Crippen LogP contribution in [0.15, 0.2) is 23.1 Å². The number of nitro benzene ring substituents is 1. The molecule has 6 heteroatoms. The number of hydrogen-bond donors (Lipinski definition) is 1. The predicted octanol–water partition coefficient (Wildman–Crippen LogP) is 1.88. The molecule has 5 nitrogen and oxygen atoms in total. The SMILES string of the molecule is CC(CO)Sc1ccc(C=O)cc1[N+](=O)[O-]. The summed E-state index contributed by atoms with van der Waals surface area (Å²) in [6.45, 7) is 1.71. The molecule has 1 aromatic rings. The van der Waals surface area contributed by atoms with Gasteiger partial charge in [-0.3, -0.25) is 14.9 Å². The van der Waals surface area contributed by atoms with Gasteiger partial charge in [0.2, 0.25) is 0 Å². The summed E-state index contributed by atoms with van der Waals surface area (Å²) >= 11 is 1.21. The van der Waals surface area contributed by atoms with Crippen LogP contribution in [-0.4, -0.2) is 28.2 Å². The molecule has 0 bridgehead atoms. The van der Waals surface area contributed by atoms with E-state index in [2.05, 4.69) is 0 Å². The molecule has 16 heavy (non-hydrogen) atoms. The van der Waals surface area contributed by atoms with E-state index < -0.39 is 4.92 Å². The first-order chi connectivity index (χ1) is 7.58. The first-order valence-electron chi connectivity index (χ1n) is 4.59. The monoisotopic (exact) mass is 241 g/mol. The maximum absolute atomic E-state index is 10.8. The van der Waals surface area contributed by atoms with Gasteiger partial charge in [-0.2, -0.15) is 0 Å². The third-order valence-electron chi connectivity index (χ3n) is 1.90. The molecule has 0 heterocycles. The first-order valence-corrected chi connectivity index (χ1v) is 5.47. The van der Waals surface area contributed by atoms with Crippen molar-refractivity contribution < 1.29 is 14.8 Å². The number of hydrogen-bond acceptors (Lipinski definition) is 5. The third kappa shape index (κ3) is 3.04. The largest absolute Gasteiger partial charge is 0.395 e. The second-order valence-corrected chi connectivity index (χ2v) is 4.69. The second-order valence-electron chi connectivity index (χ2n) is 3.21. The Morgan fingerprint density at radius 2 is 2.31 bits per heavy atom. The van der Waals surface area contributed by atoms with Gasteiger partial charge < -0.3 is 5.11 Å². The van der Waals surface area contributed by atoms with E-state index in [1.54, 1.807) is 6.92 Å². The lowest BCUT2D eigenvalue weighted by Crippen LogP contribution is -2.03. The fourth-order valence-electron chi connectivity index (χ4n) is 1.10. The van der Waals surface area contributed by atoms with Gasteiger partial charge in [-0.05, 0) is 6.07 Å². The van der Waals surface area contributed by atoms with E-state index in [1.807, 2.05) is 0 Å². The van der Waals surface area contributed by atoms with E-state index in [9.17, 15) is 14.9 Å². The second kappa shape index (κ2) is 5.62. The lowest BCUT2D eigenvalue weighted by atomic mass is 10.2. The first kappa shape index (κ1) is 12.7. The Hall–Kier alpha value is -1.40. The van der Waals surface area contributed by atoms with Gasteiger partial charge in [0.1, 0.15) is 6.29 Å². The summed E-state index contributed by atoms with van der Waals surface area (Å²) in [6, 6.07) is 4.28. The molecule has 0 radical (unpaired) electrons. The Kier molecular flexibility index (Phi) is 4.45. The maximum Gasteiger partial charge on any atom is 0.283 e. The molecular weight excluding hydrogens is 230 g/mol. The molecule has 1 rings (SSSR count). The van der Waals surface area contributed by atoms with Crippen LogP contribution >= 0.6 is 11.8 Å². The minimum absolute atomic E-state index is 0.0583. The Bertz CT molecular complexity index is 408. The van der Waals surface area contributed by atoms with Crippen LogP contribution in [0.3, 0.4) is 0 Å². The zero-order valence-corrected chi connectivity index (χ0v) is 9.44. The molecule has 0 spiro atoms. The van der Waals surface area contributed by atoms with Gasteiger partial charge in [0, 0.05) is 16.9 Å². The van der Waals surface area contributed by atoms with Crippen LogP contribution in [0.4, 0.5) is 5.69 Å². The number of aldehydes is 1. The van der Waals surface area contributed by atoms with Crippen LogP contribution in [-0.2, 0) is 0 Å². The predicted molar refractivity (Wildman–Crippen MR) is 60.9 cm³/mol. The third-order valence-corrected chi connectivity index (χ3v) is 3.05. The normalized spacial score (nSPS) is 12.1. The topological polar surface area (TPSA) is 80.4 Å². The Labute approximate surface area is 96.6 Å². The molecule has 0 amide bonds. The van der Waals surface area contributed by atoms with E-state index in [4.69, 9.17) is 5.11 Å². The highest BCUT2D eigenvalue weighted by Crippen LogP contribution is 2.32. The molecule has 86 valence electrons. The van der Waals surface area contributed by atoms with Crippen molar-refractivity contribution in [2.75, 3.05) is 6.61 Å². The van der Waals surface area contributed by atoms with Crippen molar-refractivity contribution in [3.05, 3.63) is 33.9 Å². The fraction of sp³-hybridized carbons (Fsp3) is 0.300. The van der Waals surface area contributed by atoms with Gasteiger partial charge >= 0.3 is 0 Å². The number of aliphatic hydroxyl groups excluding tert-OH is 1. The number of rotatable bonds is 5. The van der Waals surface area contributed by atoms with E-state index in [-0.39, 0.29) is 23.1 Å². The van der Waals surface area contributed by atoms with Crippen LogP contribution in [0.1, 0.15) is 17.3 Å². The molecular formula is C10H11NO4S. The Balaban J connectivity index is 3.07. The van der Waals surface area contributed by atoms with Crippen molar-refractivity contribution in [1.82, 2.24) is 0 Å². The molecule has 0 saturated heterocycles. The zero-order valence-electron chi connectivity index (χ0n) is 8.62. The van der Waals surface area contributed by atoms with E-state index >= 15 is 0 Å². The summed E-state index contributed by atoms with van der Waals surface area (Å²) < 4.78 is 0. The standard InChI is InChI=1S/C10H11NO4S/c1-7(5-12)16-10-3-2-8(6-13)4-9(10)11(14)15/h2-4,6-7,12H,5H2,1H3. The highest BCUT2D eigenvalue weighted by Gasteiger charge is 2.16. The molecule has 0 aliphatic carbocycles. The van der Waals surface area contributed by atoms with Crippen molar-refractivity contribution in [2.24, 2.45) is 0 Å². The average Bonchev–Trinajstić information content (AvgIpc) is 2.29. The summed E-state index contributed by atoms with van der Waals surface area (Å²) in [4.78, 5) is 21.2. The minimum Gasteiger partial charge on any atom is -0.395 e. The van der Waals surface area contributed by atoms with Crippen molar-refractivity contribution in [3.63, 3.8) is 0 Å². The molecule has 0 aromatic heterocycles. The lowest BCUT2D eigenvalue weighted by Gasteiger charge is -2.07. The van der Waals surface area contributed by atoms with Crippen LogP contribution in [0.5, 0.6) is 0 Å². The van der Waals surface area contributed by atoms with Crippen molar-refractivity contribution in [2.45, 2.75) is 17.1 Å². The van der Waals surface area contributed by atoms with Crippen molar-refractivity contribution >= 4 is 23.7 Å². The zero-order chi connectivity index (χ0) is 12.1. The van der Waals surface area contributed by atoms with Gasteiger partial charge in [-0.1, -0.05) is 13.0 Å². The molecule has 1 aromatic carbocycles. The highest BCUT2D eigenvalue weighted by atomic mass is 32.2. The summed E-state index contributed by atoms with van der Waals surface area (Å²) in [5.41, 5.74) is 0.169. The number of carbonyl (C=O) groups is 1. The molecule has 0 aliphatic heterocycles. The van der Waals surface area contributed by atoms with Gasteiger partial charge in [-0.25, -0.2) is 0 Å². The van der Waals surface area contributed by atoms with Crippen LogP contribution in [0.25, 0.3) is 0 Å². The number of nitrogens with zero attached hydrogens (tertiary/aromatic N) is 1. The molecule has 1 N–H and O–H groups in total. The molecule has 1 unspecified atom stereocenters. The molecule has 0 aliphatic rings. The summed E-state index contributed by atoms with van der Waals surface area (Å²) in [7, 11) is 0. The van der Waals surface area contributed by atoms with Gasteiger partial charge in [0.05, 0.1) is 16.4 Å². The van der Waals surface area contributed by atoms with Crippen LogP contribution < -0.4 is 0 Å². The average molecular weight is 241 g/mol. The molecule has 0 fully saturated rings. The Morgan fingerprint density at radius 3 is 2.81 bits per heavy atom. The van der Waals surface area contributed by atoms with E-state index in [0.717, 1.165) is 0 Å². The van der Waals surface area contributed by atoms with Gasteiger partial charge in [0.15, 0.2) is 0 Å². The number of carbonyl (C=O) groups excluding carboxylic acids is 1. The minimum atomic E-state index is -0.528. The van der Waals surface area contributed by atoms with Crippen molar-refractivity contribution in [3.8, 4) is 0 Å². The number of benzene rings is 1. The smallest absolute Gasteiger partial charge is 0.283 e. The highest BCUT2D eigenvalue weighted by molar-refractivity contribution is 8.00. The fourth-order valence-corrected chi connectivity index (χ4v) is 2.01. The summed E-state index contributed by atoms with van der Waals surface area (Å²) in [6.07, 6.45) is 0.566. The maximum atomic E-state index is 10.8. The number of aliphatic hydroxyl groups is 1. The number of thioether (sulfide) groups is 1. The van der Waals surface area contributed by atoms with E-state index in [0.29, 0.717) is 11.2 Å². The Morgan fingerprint density at radius 1 is 1.62 bits per heavy atom. The van der Waals surface area contributed by atoms with Gasteiger partial charge in [0.25, 0.3) is 5.69 Å². The summed E-state index contributed by atoms with van der Waals surface area (Å²) in [5.74, 6) is 0. The molecule has 0 saturated carbocycles. The lowest BCUT2D eigenvalue weighted by molar-refractivity contribution is -0.387. The van der Waals surface area contributed by atoms with E-state index in [1.165, 1.54) is 30.0 Å². The van der Waals surface area contributed by atoms with Crippen molar-refractivity contribution in [1.29, 1.82) is 0 Å². The van der Waals surface area contributed by atoms with Crippen LogP contribution in [0.2, 0.25) is 0 Å². The summed E-state index contributed by atoms with van der Waals surface area (Å²) in [5, 5.41) is 19.5. The van der Waals surface area contributed by atoms with Gasteiger partial charge in [-0.15, -0.1) is 11.8 Å². The number of nitro groups is 1. The quantitative estimate of drug-likeness (QED) is 0.368.